The lowest BCUT2D eigenvalue weighted by Gasteiger charge is -2.34. The summed E-state index contributed by atoms with van der Waals surface area (Å²) in [4.78, 5) is 37.8. The van der Waals surface area contributed by atoms with Crippen molar-refractivity contribution >= 4 is 18.3 Å². The van der Waals surface area contributed by atoms with Crippen molar-refractivity contribution in [1.82, 2.24) is 15.1 Å². The molecule has 9 nitrogen and oxygen atoms in total. The zero-order valence-electron chi connectivity index (χ0n) is 18.0. The lowest BCUT2D eigenvalue weighted by molar-refractivity contribution is -0.140. The van der Waals surface area contributed by atoms with Crippen molar-refractivity contribution in [2.24, 2.45) is 5.92 Å². The van der Waals surface area contributed by atoms with E-state index in [0.29, 0.717) is 32.1 Å². The first-order valence-electron chi connectivity index (χ1n) is 11.2. The molecule has 3 aliphatic rings. The molecule has 4 rings (SSSR count). The zero-order chi connectivity index (χ0) is 22.1. The van der Waals surface area contributed by atoms with Gasteiger partial charge in [-0.2, -0.15) is 0 Å². The number of amides is 2. The molecule has 31 heavy (non-hydrogen) atoms. The molecule has 2 N–H and O–H groups in total. The second-order valence-electron chi connectivity index (χ2n) is 8.31. The normalized spacial score (nSPS) is 24.2. The number of furan rings is 1. The maximum atomic E-state index is 12.6. The summed E-state index contributed by atoms with van der Waals surface area (Å²) in [6.07, 6.45) is 5.83. The van der Waals surface area contributed by atoms with Crippen molar-refractivity contribution in [3.63, 3.8) is 0 Å². The molecule has 1 aromatic rings. The third kappa shape index (κ3) is 6.80. The summed E-state index contributed by atoms with van der Waals surface area (Å²) in [5, 5.41) is 9.98. The van der Waals surface area contributed by atoms with Crippen molar-refractivity contribution in [3.8, 4) is 0 Å². The Hall–Kier alpha value is -2.39. The smallest absolute Gasteiger partial charge is 0.290 e. The number of hydrogen-bond donors (Lipinski definition) is 2. The molecule has 3 heterocycles. The van der Waals surface area contributed by atoms with Crippen molar-refractivity contribution < 1.29 is 28.6 Å². The Kier molecular flexibility index (Phi) is 8.90. The molecule has 1 aromatic heterocycles. The number of nitrogens with zero attached hydrogens (tertiary/aromatic N) is 2. The van der Waals surface area contributed by atoms with Gasteiger partial charge in [-0.3, -0.25) is 19.3 Å². The lowest BCUT2D eigenvalue weighted by atomic mass is 9.85. The third-order valence-electron chi connectivity index (χ3n) is 6.20. The SMILES string of the molecule is O=C(NC1CCC(C(=O)N2CCOCC2)CC1)c1ccc(CN2CCCC2)o1.O=CO. The monoisotopic (exact) mass is 435 g/mol. The van der Waals surface area contributed by atoms with E-state index in [1.165, 1.54) is 12.8 Å². The van der Waals surface area contributed by atoms with Crippen molar-refractivity contribution in [1.29, 1.82) is 0 Å². The van der Waals surface area contributed by atoms with E-state index in [0.717, 1.165) is 51.1 Å². The van der Waals surface area contributed by atoms with Crippen molar-refractivity contribution in [2.75, 3.05) is 39.4 Å². The van der Waals surface area contributed by atoms with Gasteiger partial charge < -0.3 is 24.5 Å². The van der Waals surface area contributed by atoms with E-state index >= 15 is 0 Å². The number of morpholine rings is 1. The molecule has 0 radical (unpaired) electrons. The number of nitrogens with one attached hydrogen (secondary N) is 1. The predicted octanol–water partition coefficient (Wildman–Crippen LogP) is 1.72. The second-order valence-corrected chi connectivity index (χ2v) is 8.31. The van der Waals surface area contributed by atoms with Gasteiger partial charge in [0.2, 0.25) is 5.91 Å². The van der Waals surface area contributed by atoms with E-state index < -0.39 is 0 Å². The zero-order valence-corrected chi connectivity index (χ0v) is 18.0. The van der Waals surface area contributed by atoms with E-state index in [4.69, 9.17) is 19.1 Å². The summed E-state index contributed by atoms with van der Waals surface area (Å²) in [6, 6.07) is 3.80. The van der Waals surface area contributed by atoms with Crippen LogP contribution in [0.4, 0.5) is 0 Å². The van der Waals surface area contributed by atoms with Gasteiger partial charge in [0.25, 0.3) is 12.4 Å². The van der Waals surface area contributed by atoms with Crippen LogP contribution in [0.5, 0.6) is 0 Å². The highest BCUT2D eigenvalue weighted by atomic mass is 16.5. The molecule has 1 aliphatic carbocycles. The highest BCUT2D eigenvalue weighted by Crippen LogP contribution is 2.27. The van der Waals surface area contributed by atoms with Crippen LogP contribution in [0.3, 0.4) is 0 Å². The van der Waals surface area contributed by atoms with E-state index in [1.807, 2.05) is 11.0 Å². The van der Waals surface area contributed by atoms with E-state index in [-0.39, 0.29) is 30.2 Å². The van der Waals surface area contributed by atoms with Gasteiger partial charge in [0, 0.05) is 25.0 Å². The van der Waals surface area contributed by atoms with Crippen molar-refractivity contribution in [3.05, 3.63) is 23.7 Å². The van der Waals surface area contributed by atoms with Gasteiger partial charge in [0.15, 0.2) is 5.76 Å². The summed E-state index contributed by atoms with van der Waals surface area (Å²) in [6.45, 7) is 5.42. The van der Waals surface area contributed by atoms with Gasteiger partial charge in [-0.05, 0) is 63.7 Å². The Bertz CT molecular complexity index is 717. The first kappa shape index (κ1) is 23.3. The number of carboxylic acid groups (broad SMARTS) is 1. The first-order valence-corrected chi connectivity index (χ1v) is 11.2. The Morgan fingerprint density at radius 1 is 1.06 bits per heavy atom. The van der Waals surface area contributed by atoms with Crippen LogP contribution in [0, 0.1) is 5.92 Å². The molecule has 0 unspecified atom stereocenters. The summed E-state index contributed by atoms with van der Waals surface area (Å²) in [5.74, 6) is 1.44. The Balaban J connectivity index is 0.000000858. The second kappa shape index (κ2) is 11.9. The van der Waals surface area contributed by atoms with Crippen LogP contribution in [0.1, 0.15) is 54.8 Å². The van der Waals surface area contributed by atoms with Gasteiger partial charge in [-0.25, -0.2) is 0 Å². The number of rotatable bonds is 5. The molecule has 9 heteroatoms. The molecule has 3 fully saturated rings. The van der Waals surface area contributed by atoms with Gasteiger partial charge in [0.05, 0.1) is 19.8 Å². The fraction of sp³-hybridized carbons (Fsp3) is 0.682. The van der Waals surface area contributed by atoms with E-state index in [1.54, 1.807) is 6.07 Å². The highest BCUT2D eigenvalue weighted by molar-refractivity contribution is 5.91. The summed E-state index contributed by atoms with van der Waals surface area (Å²) in [5.41, 5.74) is 0. The van der Waals surface area contributed by atoms with E-state index in [2.05, 4.69) is 10.2 Å². The molecule has 2 saturated heterocycles. The molecule has 0 bridgehead atoms. The number of likely N-dealkylation sites (tertiary alicyclic amines) is 1. The number of ether oxygens (including phenoxy) is 1. The maximum Gasteiger partial charge on any atom is 0.290 e. The minimum atomic E-state index is -0.250. The van der Waals surface area contributed by atoms with E-state index in [9.17, 15) is 9.59 Å². The minimum Gasteiger partial charge on any atom is -0.483 e. The third-order valence-corrected chi connectivity index (χ3v) is 6.20. The Morgan fingerprint density at radius 2 is 1.71 bits per heavy atom. The average Bonchev–Trinajstić information content (AvgIpc) is 3.48. The predicted molar refractivity (Wildman–Crippen MR) is 113 cm³/mol. The quantitative estimate of drug-likeness (QED) is 0.677. The molecular weight excluding hydrogens is 402 g/mol. The van der Waals surface area contributed by atoms with Crippen LogP contribution in [-0.4, -0.2) is 78.6 Å². The van der Waals surface area contributed by atoms with Crippen molar-refractivity contribution in [2.45, 2.75) is 51.1 Å². The average molecular weight is 436 g/mol. The summed E-state index contributed by atoms with van der Waals surface area (Å²) >= 11 is 0. The Labute approximate surface area is 182 Å². The van der Waals surface area contributed by atoms with Crippen LogP contribution in [0.25, 0.3) is 0 Å². The molecule has 2 amide bonds. The van der Waals surface area contributed by atoms with Crippen LogP contribution in [-0.2, 0) is 20.9 Å². The van der Waals surface area contributed by atoms with Crippen LogP contribution >= 0.6 is 0 Å². The van der Waals surface area contributed by atoms with Gasteiger partial charge >= 0.3 is 0 Å². The molecule has 0 atom stereocenters. The molecule has 2 aliphatic heterocycles. The molecule has 172 valence electrons. The number of hydrogen-bond acceptors (Lipinski definition) is 6. The number of carbonyl (C=O) groups excluding carboxylic acids is 2. The van der Waals surface area contributed by atoms with Gasteiger partial charge in [-0.15, -0.1) is 0 Å². The maximum absolute atomic E-state index is 12.6. The highest BCUT2D eigenvalue weighted by Gasteiger charge is 2.31. The standard InChI is InChI=1S/C21H31N3O4.CH2O2/c25-20(19-8-7-18(28-19)15-23-9-1-2-10-23)22-17-5-3-16(4-6-17)21(26)24-11-13-27-14-12-24;2-1-3/h7-8,16-17H,1-6,9-15H2,(H,22,25);1H,(H,2,3). The van der Waals surface area contributed by atoms with Gasteiger partial charge in [0.1, 0.15) is 5.76 Å². The molecular formula is C22H33N3O6. The molecule has 0 aromatic carbocycles. The lowest BCUT2D eigenvalue weighted by Crippen LogP contribution is -2.46. The first-order chi connectivity index (χ1) is 15.1. The minimum absolute atomic E-state index is 0.0851. The number of carbonyl (C=O) groups is 3. The fourth-order valence-corrected chi connectivity index (χ4v) is 4.53. The largest absolute Gasteiger partial charge is 0.483 e. The fourth-order valence-electron chi connectivity index (χ4n) is 4.53. The van der Waals surface area contributed by atoms with Gasteiger partial charge in [-0.1, -0.05) is 0 Å². The van der Waals surface area contributed by atoms with Crippen LogP contribution < -0.4 is 5.32 Å². The Morgan fingerprint density at radius 3 is 2.35 bits per heavy atom. The van der Waals surface area contributed by atoms with Crippen LogP contribution in [0.2, 0.25) is 0 Å². The topological polar surface area (TPSA) is 112 Å². The summed E-state index contributed by atoms with van der Waals surface area (Å²) in [7, 11) is 0. The molecule has 0 spiro atoms. The van der Waals surface area contributed by atoms with Crippen LogP contribution in [0.15, 0.2) is 16.5 Å². The summed E-state index contributed by atoms with van der Waals surface area (Å²) < 4.78 is 11.1. The molecule has 1 saturated carbocycles.